The van der Waals surface area contributed by atoms with Gasteiger partial charge in [-0.3, -0.25) is 9.59 Å². The first kappa shape index (κ1) is 80.2. The minimum Gasteiger partial charge on any atom is -0.466 e. The Bertz CT molecular complexity index is 1440. The van der Waals surface area contributed by atoms with Crippen molar-refractivity contribution in [1.82, 2.24) is 5.32 Å². The number of allylic oxidation sites excluding steroid dienone is 3. The number of aliphatic hydroxyl groups is 5. The fraction of sp³-hybridized carbons (Fsp3) is 0.918. The molecule has 1 fully saturated rings. The third kappa shape index (κ3) is 51.1. The van der Waals surface area contributed by atoms with Crippen molar-refractivity contribution >= 4 is 11.9 Å². The molecule has 1 aliphatic heterocycles. The standard InChI is InChI=1S/C73H139NO10/c1-3-5-7-9-11-13-40-45-49-53-57-61-69(78)82-62-58-54-50-46-42-39-37-35-33-31-29-27-25-23-21-19-17-15-16-18-20-22-24-26-28-30-32-34-36-38-41-44-48-52-56-60-68(77)74-65(64-83-73-72(81)71(80)70(79)67(63-75)84-73)66(76)59-55-51-47-43-14-12-10-8-6-4-2/h17,19,55,59,65-67,70-73,75-76,79-81H,3-16,18,20-54,56-58,60-64H2,1-2H3,(H,74,77)/b19-17-,59-55+. The molecule has 0 aromatic carbocycles. The van der Waals surface area contributed by atoms with E-state index in [2.05, 4.69) is 31.3 Å². The summed E-state index contributed by atoms with van der Waals surface area (Å²) in [6, 6.07) is -0.806. The molecule has 1 saturated heterocycles. The summed E-state index contributed by atoms with van der Waals surface area (Å²) in [6.07, 6.45) is 69.1. The maximum atomic E-state index is 13.0. The Morgan fingerprint density at radius 1 is 0.429 bits per heavy atom. The van der Waals surface area contributed by atoms with Gasteiger partial charge in [0, 0.05) is 12.8 Å². The fourth-order valence-corrected chi connectivity index (χ4v) is 11.8. The molecule has 0 bridgehead atoms. The molecule has 1 aliphatic rings. The number of esters is 1. The number of amides is 1. The lowest BCUT2D eigenvalue weighted by molar-refractivity contribution is -0.302. The van der Waals surface area contributed by atoms with Gasteiger partial charge in [0.05, 0.1) is 32.0 Å². The summed E-state index contributed by atoms with van der Waals surface area (Å²) >= 11 is 0. The van der Waals surface area contributed by atoms with Gasteiger partial charge in [-0.2, -0.15) is 0 Å². The van der Waals surface area contributed by atoms with Gasteiger partial charge in [0.1, 0.15) is 24.4 Å². The summed E-state index contributed by atoms with van der Waals surface area (Å²) in [4.78, 5) is 25.1. The third-order valence-corrected chi connectivity index (χ3v) is 17.6. The van der Waals surface area contributed by atoms with Crippen LogP contribution in [-0.2, 0) is 23.8 Å². The van der Waals surface area contributed by atoms with Gasteiger partial charge in [-0.15, -0.1) is 0 Å². The van der Waals surface area contributed by atoms with E-state index >= 15 is 0 Å². The van der Waals surface area contributed by atoms with Gasteiger partial charge in [-0.05, 0) is 57.8 Å². The number of nitrogens with one attached hydrogen (secondary N) is 1. The molecule has 11 nitrogen and oxygen atoms in total. The number of ether oxygens (including phenoxy) is 3. The maximum absolute atomic E-state index is 13.0. The predicted octanol–water partition coefficient (Wildman–Crippen LogP) is 18.8. The largest absolute Gasteiger partial charge is 0.466 e. The molecule has 0 saturated carbocycles. The van der Waals surface area contributed by atoms with E-state index in [0.29, 0.717) is 19.4 Å². The van der Waals surface area contributed by atoms with Crippen LogP contribution in [0.2, 0.25) is 0 Å². The molecule has 1 rings (SSSR count). The molecule has 1 heterocycles. The second-order valence-corrected chi connectivity index (χ2v) is 25.7. The molecule has 496 valence electrons. The van der Waals surface area contributed by atoms with Crippen molar-refractivity contribution in [3.63, 3.8) is 0 Å². The van der Waals surface area contributed by atoms with Crippen LogP contribution in [0.4, 0.5) is 0 Å². The highest BCUT2D eigenvalue weighted by atomic mass is 16.7. The van der Waals surface area contributed by atoms with E-state index in [4.69, 9.17) is 14.2 Å². The van der Waals surface area contributed by atoms with Crippen LogP contribution >= 0.6 is 0 Å². The van der Waals surface area contributed by atoms with Crippen molar-refractivity contribution < 1.29 is 49.3 Å². The molecular formula is C73H139NO10. The van der Waals surface area contributed by atoms with E-state index < -0.39 is 49.5 Å². The molecule has 0 radical (unpaired) electrons. The Hall–Kier alpha value is -1.86. The van der Waals surface area contributed by atoms with Crippen LogP contribution in [0.1, 0.15) is 367 Å². The summed E-state index contributed by atoms with van der Waals surface area (Å²) in [5.74, 6) is -0.164. The molecule has 84 heavy (non-hydrogen) atoms. The van der Waals surface area contributed by atoms with Crippen molar-refractivity contribution in [3.8, 4) is 0 Å². The van der Waals surface area contributed by atoms with Crippen LogP contribution in [0, 0.1) is 0 Å². The van der Waals surface area contributed by atoms with Crippen LogP contribution in [-0.4, -0.2) is 100 Å². The average molecular weight is 1190 g/mol. The number of carbonyl (C=O) groups is 2. The van der Waals surface area contributed by atoms with E-state index in [1.807, 2.05) is 6.08 Å². The first-order chi connectivity index (χ1) is 41.2. The smallest absolute Gasteiger partial charge is 0.305 e. The molecule has 11 heteroatoms. The van der Waals surface area contributed by atoms with Crippen LogP contribution in [0.5, 0.6) is 0 Å². The zero-order valence-electron chi connectivity index (χ0n) is 55.1. The van der Waals surface area contributed by atoms with Crippen LogP contribution in [0.15, 0.2) is 24.3 Å². The lowest BCUT2D eigenvalue weighted by atomic mass is 9.99. The maximum Gasteiger partial charge on any atom is 0.305 e. The molecule has 1 amide bonds. The highest BCUT2D eigenvalue weighted by molar-refractivity contribution is 5.76. The normalized spacial score (nSPS) is 18.1. The Morgan fingerprint density at radius 3 is 1.14 bits per heavy atom. The number of hydrogen-bond donors (Lipinski definition) is 6. The topological polar surface area (TPSA) is 175 Å². The molecule has 0 aromatic heterocycles. The van der Waals surface area contributed by atoms with Crippen molar-refractivity contribution in [2.24, 2.45) is 0 Å². The monoisotopic (exact) mass is 1190 g/mol. The zero-order valence-corrected chi connectivity index (χ0v) is 55.1. The Kier molecular flexibility index (Phi) is 59.9. The minimum atomic E-state index is -1.57. The second kappa shape index (κ2) is 62.7. The summed E-state index contributed by atoms with van der Waals surface area (Å²) in [5, 5.41) is 54.4. The molecule has 6 N–H and O–H groups in total. The van der Waals surface area contributed by atoms with Gasteiger partial charge in [0.15, 0.2) is 6.29 Å². The summed E-state index contributed by atoms with van der Waals surface area (Å²) in [6.45, 7) is 4.36. The van der Waals surface area contributed by atoms with Crippen LogP contribution < -0.4 is 5.32 Å². The van der Waals surface area contributed by atoms with Gasteiger partial charge in [0.25, 0.3) is 0 Å². The van der Waals surface area contributed by atoms with Crippen LogP contribution in [0.25, 0.3) is 0 Å². The zero-order chi connectivity index (χ0) is 60.9. The molecule has 7 atom stereocenters. The number of hydrogen-bond acceptors (Lipinski definition) is 10. The lowest BCUT2D eigenvalue weighted by Gasteiger charge is -2.40. The Morgan fingerprint density at radius 2 is 0.762 bits per heavy atom. The highest BCUT2D eigenvalue weighted by Crippen LogP contribution is 2.23. The number of carbonyl (C=O) groups excluding carboxylic acids is 2. The Balaban J connectivity index is 1.90. The van der Waals surface area contributed by atoms with Crippen LogP contribution in [0.3, 0.4) is 0 Å². The van der Waals surface area contributed by atoms with Crippen molar-refractivity contribution in [2.75, 3.05) is 19.8 Å². The molecule has 0 aromatic rings. The van der Waals surface area contributed by atoms with Gasteiger partial charge < -0.3 is 45.1 Å². The van der Waals surface area contributed by atoms with Gasteiger partial charge in [-0.25, -0.2) is 0 Å². The summed E-state index contributed by atoms with van der Waals surface area (Å²) in [7, 11) is 0. The van der Waals surface area contributed by atoms with E-state index in [-0.39, 0.29) is 18.5 Å². The van der Waals surface area contributed by atoms with Gasteiger partial charge in [0.2, 0.25) is 5.91 Å². The van der Waals surface area contributed by atoms with Crippen molar-refractivity contribution in [2.45, 2.75) is 410 Å². The Labute approximate surface area is 518 Å². The van der Waals surface area contributed by atoms with E-state index in [1.165, 1.54) is 289 Å². The molecule has 7 unspecified atom stereocenters. The molecular weight excluding hydrogens is 1050 g/mol. The van der Waals surface area contributed by atoms with E-state index in [1.54, 1.807) is 6.08 Å². The third-order valence-electron chi connectivity index (χ3n) is 17.6. The number of aliphatic hydroxyl groups excluding tert-OH is 5. The van der Waals surface area contributed by atoms with E-state index in [0.717, 1.165) is 51.4 Å². The van der Waals surface area contributed by atoms with Gasteiger partial charge in [-0.1, -0.05) is 321 Å². The average Bonchev–Trinajstić information content (AvgIpc) is 3.69. The lowest BCUT2D eigenvalue weighted by Crippen LogP contribution is -2.60. The summed E-state index contributed by atoms with van der Waals surface area (Å²) in [5.41, 5.74) is 0. The first-order valence-corrected chi connectivity index (χ1v) is 36.6. The van der Waals surface area contributed by atoms with E-state index in [9.17, 15) is 35.1 Å². The SMILES string of the molecule is CCCCCCCCCC/C=C/C(O)C(COC1OC(CO)C(O)C(O)C1O)NC(=O)CCCCCCCCCCCCCCCCCCC/C=C\CCCCCCCCCCCCCCCCOC(=O)CCCCCCCCCCCCC. The quantitative estimate of drug-likeness (QED) is 0.0195. The highest BCUT2D eigenvalue weighted by Gasteiger charge is 2.44. The second-order valence-electron chi connectivity index (χ2n) is 25.7. The predicted molar refractivity (Wildman–Crippen MR) is 352 cm³/mol. The van der Waals surface area contributed by atoms with Crippen molar-refractivity contribution in [1.29, 1.82) is 0 Å². The summed E-state index contributed by atoms with van der Waals surface area (Å²) < 4.78 is 16.7. The number of unbranched alkanes of at least 4 members (excludes halogenated alkanes) is 49. The minimum absolute atomic E-state index is 0.0137. The van der Waals surface area contributed by atoms with Crippen molar-refractivity contribution in [3.05, 3.63) is 24.3 Å². The van der Waals surface area contributed by atoms with Gasteiger partial charge >= 0.3 is 5.97 Å². The molecule has 0 aliphatic carbocycles. The first-order valence-electron chi connectivity index (χ1n) is 36.6. The fourth-order valence-electron chi connectivity index (χ4n) is 11.8. The molecule has 0 spiro atoms. The number of rotatable bonds is 65.